The van der Waals surface area contributed by atoms with E-state index in [1.54, 1.807) is 13.0 Å². The van der Waals surface area contributed by atoms with Crippen molar-refractivity contribution in [2.45, 2.75) is 89.4 Å². The lowest BCUT2D eigenvalue weighted by atomic mass is 9.88. The van der Waals surface area contributed by atoms with E-state index in [4.69, 9.17) is 5.11 Å². The molecular weight excluding hydrogens is 332 g/mol. The van der Waals surface area contributed by atoms with Crippen LogP contribution in [-0.2, 0) is 4.79 Å². The van der Waals surface area contributed by atoms with Gasteiger partial charge in [0.05, 0.1) is 17.8 Å². The van der Waals surface area contributed by atoms with E-state index in [1.807, 2.05) is 18.2 Å². The van der Waals surface area contributed by atoms with E-state index in [0.29, 0.717) is 32.1 Å². The van der Waals surface area contributed by atoms with Crippen LogP contribution in [0.4, 0.5) is 0 Å². The Bertz CT molecular complexity index is 469. The van der Waals surface area contributed by atoms with E-state index in [1.165, 1.54) is 0 Å². The molecule has 0 aromatic carbocycles. The van der Waals surface area contributed by atoms with Crippen LogP contribution in [0.1, 0.15) is 71.6 Å². The maximum Gasteiger partial charge on any atom is 0.303 e. The van der Waals surface area contributed by atoms with E-state index < -0.39 is 23.8 Å². The van der Waals surface area contributed by atoms with Crippen molar-refractivity contribution >= 4 is 5.97 Å². The summed E-state index contributed by atoms with van der Waals surface area (Å²) in [6.45, 7) is 3.91. The van der Waals surface area contributed by atoms with Gasteiger partial charge in [0.25, 0.3) is 0 Å². The van der Waals surface area contributed by atoms with Gasteiger partial charge >= 0.3 is 5.97 Å². The molecule has 1 aliphatic carbocycles. The predicted molar refractivity (Wildman–Crippen MR) is 103 cm³/mol. The average Bonchev–Trinajstić information content (AvgIpc) is 2.82. The Labute approximate surface area is 157 Å². The Hall–Kier alpha value is -1.17. The zero-order valence-electron chi connectivity index (χ0n) is 16.2. The summed E-state index contributed by atoms with van der Waals surface area (Å²) in [4.78, 5) is 10.5. The van der Waals surface area contributed by atoms with E-state index in [2.05, 4.69) is 6.92 Å². The molecule has 5 nitrogen and oxygen atoms in total. The molecule has 1 rings (SSSR count). The first-order chi connectivity index (χ1) is 12.3. The molecule has 1 saturated carbocycles. The Morgan fingerprint density at radius 1 is 1.15 bits per heavy atom. The second kappa shape index (κ2) is 11.5. The molecule has 4 N–H and O–H groups in total. The first kappa shape index (κ1) is 22.9. The highest BCUT2D eigenvalue weighted by Gasteiger charge is 2.39. The van der Waals surface area contributed by atoms with Crippen molar-refractivity contribution in [1.29, 1.82) is 0 Å². The SMILES string of the molecule is CCCCC[C@@](C)(O)/C=C/[C@H]1[C@H](C/C=C\CCCC(=O)O)[C@H](O)C[C@@H]1O. The lowest BCUT2D eigenvalue weighted by Gasteiger charge is -2.23. The summed E-state index contributed by atoms with van der Waals surface area (Å²) >= 11 is 0. The third-order valence-corrected chi connectivity index (χ3v) is 5.22. The molecule has 0 unspecified atom stereocenters. The molecule has 0 radical (unpaired) electrons. The number of aliphatic carboxylic acids is 1. The first-order valence-electron chi connectivity index (χ1n) is 9.91. The van der Waals surface area contributed by atoms with Gasteiger partial charge < -0.3 is 20.4 Å². The molecule has 26 heavy (non-hydrogen) atoms. The molecule has 0 spiro atoms. The number of carboxylic acid groups (broad SMARTS) is 1. The summed E-state index contributed by atoms with van der Waals surface area (Å²) < 4.78 is 0. The Kier molecular flexibility index (Phi) is 10.1. The van der Waals surface area contributed by atoms with Crippen LogP contribution in [0.25, 0.3) is 0 Å². The molecule has 0 aliphatic heterocycles. The van der Waals surface area contributed by atoms with E-state index >= 15 is 0 Å². The fraction of sp³-hybridized carbons (Fsp3) is 0.762. The Morgan fingerprint density at radius 3 is 2.54 bits per heavy atom. The topological polar surface area (TPSA) is 98.0 Å². The second-order valence-electron chi connectivity index (χ2n) is 7.78. The molecule has 0 aromatic heterocycles. The minimum atomic E-state index is -0.889. The lowest BCUT2D eigenvalue weighted by molar-refractivity contribution is -0.137. The van der Waals surface area contributed by atoms with Gasteiger partial charge in [0.15, 0.2) is 0 Å². The van der Waals surface area contributed by atoms with Crippen molar-refractivity contribution in [1.82, 2.24) is 0 Å². The van der Waals surface area contributed by atoms with Gasteiger partial charge in [-0.2, -0.15) is 0 Å². The normalized spacial score (nSPS) is 28.8. The van der Waals surface area contributed by atoms with Crippen LogP contribution in [0, 0.1) is 11.8 Å². The van der Waals surface area contributed by atoms with Crippen molar-refractivity contribution in [3.05, 3.63) is 24.3 Å². The molecule has 5 atom stereocenters. The van der Waals surface area contributed by atoms with Crippen LogP contribution in [0.2, 0.25) is 0 Å². The third-order valence-electron chi connectivity index (χ3n) is 5.22. The Balaban J connectivity index is 2.56. The van der Waals surface area contributed by atoms with Gasteiger partial charge in [0.1, 0.15) is 0 Å². The summed E-state index contributed by atoms with van der Waals surface area (Å²) in [5, 5.41) is 39.6. The number of unbranched alkanes of at least 4 members (excludes halogenated alkanes) is 3. The van der Waals surface area contributed by atoms with Crippen molar-refractivity contribution in [3.8, 4) is 0 Å². The quantitative estimate of drug-likeness (QED) is 0.312. The highest BCUT2D eigenvalue weighted by molar-refractivity contribution is 5.66. The number of hydrogen-bond acceptors (Lipinski definition) is 4. The van der Waals surface area contributed by atoms with Gasteiger partial charge in [-0.1, -0.05) is 50.5 Å². The van der Waals surface area contributed by atoms with Gasteiger partial charge in [-0.25, -0.2) is 0 Å². The number of hydrogen-bond donors (Lipinski definition) is 4. The number of allylic oxidation sites excluding steroid dienone is 2. The molecule has 150 valence electrons. The summed E-state index contributed by atoms with van der Waals surface area (Å²) in [6, 6.07) is 0. The van der Waals surface area contributed by atoms with E-state index in [9.17, 15) is 20.1 Å². The lowest BCUT2D eigenvalue weighted by Crippen LogP contribution is -2.24. The minimum absolute atomic E-state index is 0.0802. The fourth-order valence-electron chi connectivity index (χ4n) is 3.58. The van der Waals surface area contributed by atoms with Crippen LogP contribution in [-0.4, -0.2) is 44.2 Å². The van der Waals surface area contributed by atoms with Gasteiger partial charge in [-0.3, -0.25) is 4.79 Å². The second-order valence-corrected chi connectivity index (χ2v) is 7.78. The summed E-state index contributed by atoms with van der Waals surface area (Å²) in [5.41, 5.74) is -0.889. The molecule has 1 fully saturated rings. The highest BCUT2D eigenvalue weighted by atomic mass is 16.4. The number of aliphatic hydroxyl groups is 3. The van der Waals surface area contributed by atoms with Crippen molar-refractivity contribution in [2.75, 3.05) is 0 Å². The molecule has 0 saturated heterocycles. The number of aliphatic hydroxyl groups excluding tert-OH is 2. The molecule has 0 amide bonds. The largest absolute Gasteiger partial charge is 0.481 e. The van der Waals surface area contributed by atoms with Crippen LogP contribution in [0.15, 0.2) is 24.3 Å². The number of carboxylic acids is 1. The molecule has 0 aromatic rings. The fourth-order valence-corrected chi connectivity index (χ4v) is 3.58. The van der Waals surface area contributed by atoms with Gasteiger partial charge in [0, 0.05) is 18.8 Å². The van der Waals surface area contributed by atoms with Crippen LogP contribution < -0.4 is 0 Å². The van der Waals surface area contributed by atoms with Crippen LogP contribution in [0.3, 0.4) is 0 Å². The summed E-state index contributed by atoms with van der Waals surface area (Å²) in [6.07, 6.45) is 12.7. The van der Waals surface area contributed by atoms with E-state index in [0.717, 1.165) is 19.3 Å². The maximum atomic E-state index is 10.5. The van der Waals surface area contributed by atoms with Crippen molar-refractivity contribution in [2.24, 2.45) is 11.8 Å². The monoisotopic (exact) mass is 368 g/mol. The number of carbonyl (C=O) groups is 1. The molecule has 0 heterocycles. The Morgan fingerprint density at radius 2 is 1.88 bits per heavy atom. The average molecular weight is 369 g/mol. The standard InChI is InChI=1S/C21H36O5/c1-3-4-9-13-21(2,26)14-12-17-16(18(22)15-19(17)23)10-7-5-6-8-11-20(24)25/h5,7,12,14,16-19,22-23,26H,3-4,6,8-11,13,15H2,1-2H3,(H,24,25)/b7-5-,14-12+/t16-,17-,18+,19-,21+/m0/s1. The van der Waals surface area contributed by atoms with Crippen LogP contribution in [0.5, 0.6) is 0 Å². The van der Waals surface area contributed by atoms with Crippen molar-refractivity contribution in [3.63, 3.8) is 0 Å². The smallest absolute Gasteiger partial charge is 0.303 e. The van der Waals surface area contributed by atoms with Gasteiger partial charge in [-0.15, -0.1) is 0 Å². The molecular formula is C21H36O5. The summed E-state index contributed by atoms with van der Waals surface area (Å²) in [5.74, 6) is -1.04. The van der Waals surface area contributed by atoms with E-state index in [-0.39, 0.29) is 18.3 Å². The van der Waals surface area contributed by atoms with Gasteiger partial charge in [-0.05, 0) is 38.5 Å². The predicted octanol–water partition coefficient (Wildman–Crippen LogP) is 3.43. The zero-order valence-corrected chi connectivity index (χ0v) is 16.2. The third kappa shape index (κ3) is 8.47. The maximum absolute atomic E-state index is 10.5. The number of rotatable bonds is 12. The zero-order chi connectivity index (χ0) is 19.6. The minimum Gasteiger partial charge on any atom is -0.481 e. The van der Waals surface area contributed by atoms with Crippen molar-refractivity contribution < 1.29 is 25.2 Å². The molecule has 0 bridgehead atoms. The van der Waals surface area contributed by atoms with Gasteiger partial charge in [0.2, 0.25) is 0 Å². The molecule has 5 heteroatoms. The van der Waals surface area contributed by atoms with Crippen LogP contribution >= 0.6 is 0 Å². The summed E-state index contributed by atoms with van der Waals surface area (Å²) in [7, 11) is 0. The first-order valence-corrected chi connectivity index (χ1v) is 9.91. The highest BCUT2D eigenvalue weighted by Crippen LogP contribution is 2.37. The molecule has 1 aliphatic rings.